The van der Waals surface area contributed by atoms with Crippen molar-refractivity contribution in [1.29, 1.82) is 5.26 Å². The highest BCUT2D eigenvalue weighted by Crippen LogP contribution is 2.45. The summed E-state index contributed by atoms with van der Waals surface area (Å²) >= 11 is 0. The first-order valence-electron chi connectivity index (χ1n) is 10.00. The first kappa shape index (κ1) is 18.4. The topological polar surface area (TPSA) is 65.8 Å². The molecule has 1 aromatic heterocycles. The average molecular weight is 371 g/mol. The van der Waals surface area contributed by atoms with E-state index in [1.54, 1.807) is 0 Å². The van der Waals surface area contributed by atoms with Crippen LogP contribution in [-0.4, -0.2) is 17.4 Å². The maximum absolute atomic E-state index is 12.4. The Hall–Kier alpha value is -2.93. The predicted molar refractivity (Wildman–Crippen MR) is 110 cm³/mol. The van der Waals surface area contributed by atoms with Gasteiger partial charge in [0, 0.05) is 29.8 Å². The molecule has 1 saturated carbocycles. The summed E-state index contributed by atoms with van der Waals surface area (Å²) in [6, 6.07) is 13.8. The lowest BCUT2D eigenvalue weighted by Crippen LogP contribution is -2.38. The number of nitriles is 1. The lowest BCUT2D eigenvalue weighted by Gasteiger charge is -2.39. The highest BCUT2D eigenvalue weighted by molar-refractivity contribution is 5.82. The molecule has 28 heavy (non-hydrogen) atoms. The third-order valence-corrected chi connectivity index (χ3v) is 6.58. The number of hydrogen-bond acceptors (Lipinski definition) is 3. The zero-order valence-corrected chi connectivity index (χ0v) is 16.3. The second kappa shape index (κ2) is 7.59. The van der Waals surface area contributed by atoms with Crippen LogP contribution in [0.5, 0.6) is 0 Å². The van der Waals surface area contributed by atoms with E-state index >= 15 is 0 Å². The Kier molecular flexibility index (Phi) is 5.00. The van der Waals surface area contributed by atoms with E-state index in [-0.39, 0.29) is 17.7 Å². The van der Waals surface area contributed by atoms with E-state index in [0.717, 1.165) is 29.8 Å². The van der Waals surface area contributed by atoms with Crippen molar-refractivity contribution in [3.63, 3.8) is 0 Å². The summed E-state index contributed by atoms with van der Waals surface area (Å²) in [6.45, 7) is 5.37. The number of fused-ring (bicyclic) bond motifs is 1. The van der Waals surface area contributed by atoms with Crippen LogP contribution in [0.1, 0.15) is 31.5 Å². The molecule has 2 fully saturated rings. The number of rotatable bonds is 3. The van der Waals surface area contributed by atoms with E-state index in [0.29, 0.717) is 23.3 Å². The second-order valence-electron chi connectivity index (χ2n) is 8.17. The van der Waals surface area contributed by atoms with E-state index in [4.69, 9.17) is 0 Å². The van der Waals surface area contributed by atoms with E-state index in [9.17, 15) is 10.1 Å². The summed E-state index contributed by atoms with van der Waals surface area (Å²) < 4.78 is 0. The SMILES string of the molecule is C[C@H]1[C@H](/C=C/c2ccc(-c3ccccc3C#N)cn2)[C@@H]2C(=O)NC[C@@H]2C[C@@H]1C. The van der Waals surface area contributed by atoms with Gasteiger partial charge in [-0.3, -0.25) is 9.78 Å². The quantitative estimate of drug-likeness (QED) is 0.875. The first-order chi connectivity index (χ1) is 13.6. The monoisotopic (exact) mass is 371 g/mol. The van der Waals surface area contributed by atoms with Crippen molar-refractivity contribution in [3.8, 4) is 17.2 Å². The van der Waals surface area contributed by atoms with E-state index in [2.05, 4.69) is 36.3 Å². The number of nitrogens with zero attached hydrogens (tertiary/aromatic N) is 2. The van der Waals surface area contributed by atoms with Gasteiger partial charge < -0.3 is 5.32 Å². The number of carbonyl (C=O) groups excluding carboxylic acids is 1. The predicted octanol–water partition coefficient (Wildman–Crippen LogP) is 4.29. The molecule has 2 heterocycles. The van der Waals surface area contributed by atoms with Crippen molar-refractivity contribution in [2.24, 2.45) is 29.6 Å². The van der Waals surface area contributed by atoms with Gasteiger partial charge in [-0.25, -0.2) is 0 Å². The zero-order chi connectivity index (χ0) is 19.7. The van der Waals surface area contributed by atoms with E-state index in [1.165, 1.54) is 0 Å². The van der Waals surface area contributed by atoms with Crippen LogP contribution in [0.4, 0.5) is 0 Å². The van der Waals surface area contributed by atoms with Crippen LogP contribution in [0.15, 0.2) is 48.7 Å². The summed E-state index contributed by atoms with van der Waals surface area (Å²) in [5.41, 5.74) is 3.35. The molecule has 0 bridgehead atoms. The van der Waals surface area contributed by atoms with Crippen LogP contribution >= 0.6 is 0 Å². The second-order valence-corrected chi connectivity index (χ2v) is 8.17. The number of amides is 1. The molecule has 0 spiro atoms. The number of carbonyl (C=O) groups is 1. The maximum Gasteiger partial charge on any atom is 0.224 e. The van der Waals surface area contributed by atoms with Crippen LogP contribution in [0.3, 0.4) is 0 Å². The van der Waals surface area contributed by atoms with Gasteiger partial charge >= 0.3 is 0 Å². The van der Waals surface area contributed by atoms with Crippen LogP contribution < -0.4 is 5.32 Å². The van der Waals surface area contributed by atoms with Gasteiger partial charge in [-0.05, 0) is 48.3 Å². The molecule has 0 unspecified atom stereocenters. The van der Waals surface area contributed by atoms with Crippen molar-refractivity contribution in [3.05, 3.63) is 59.9 Å². The zero-order valence-electron chi connectivity index (χ0n) is 16.3. The molecular weight excluding hydrogens is 346 g/mol. The number of allylic oxidation sites excluding steroid dienone is 1. The summed E-state index contributed by atoms with van der Waals surface area (Å²) in [5, 5.41) is 12.3. The fraction of sp³-hybridized carbons (Fsp3) is 0.375. The number of benzene rings is 1. The van der Waals surface area contributed by atoms with Crippen LogP contribution in [0.2, 0.25) is 0 Å². The largest absolute Gasteiger partial charge is 0.356 e. The molecule has 1 aromatic carbocycles. The Labute approximate surface area is 166 Å². The van der Waals surface area contributed by atoms with Crippen LogP contribution in [0.25, 0.3) is 17.2 Å². The number of aromatic nitrogens is 1. The summed E-state index contributed by atoms with van der Waals surface area (Å²) in [4.78, 5) is 16.9. The lowest BCUT2D eigenvalue weighted by molar-refractivity contribution is -0.125. The van der Waals surface area contributed by atoms with Gasteiger partial charge in [0.1, 0.15) is 0 Å². The lowest BCUT2D eigenvalue weighted by atomic mass is 9.64. The molecule has 2 aromatic rings. The number of pyridine rings is 1. The van der Waals surface area contributed by atoms with Gasteiger partial charge in [-0.15, -0.1) is 0 Å². The third kappa shape index (κ3) is 3.33. The minimum atomic E-state index is 0.0872. The summed E-state index contributed by atoms with van der Waals surface area (Å²) in [6.07, 6.45) is 7.17. The highest BCUT2D eigenvalue weighted by Gasteiger charge is 2.46. The third-order valence-electron chi connectivity index (χ3n) is 6.58. The molecule has 2 aliphatic rings. The van der Waals surface area contributed by atoms with E-state index in [1.807, 2.05) is 48.7 Å². The minimum absolute atomic E-state index is 0.0872. The molecule has 5 atom stereocenters. The Morgan fingerprint density at radius 3 is 2.79 bits per heavy atom. The van der Waals surface area contributed by atoms with Crippen molar-refractivity contribution in [1.82, 2.24) is 10.3 Å². The van der Waals surface area contributed by atoms with Crippen molar-refractivity contribution < 1.29 is 4.79 Å². The normalized spacial score (nSPS) is 29.3. The molecule has 142 valence electrons. The van der Waals surface area contributed by atoms with E-state index < -0.39 is 0 Å². The molecule has 1 amide bonds. The molecule has 1 aliphatic carbocycles. The molecule has 4 rings (SSSR count). The first-order valence-corrected chi connectivity index (χ1v) is 10.00. The van der Waals surface area contributed by atoms with Gasteiger partial charge in [0.25, 0.3) is 0 Å². The maximum atomic E-state index is 12.4. The van der Waals surface area contributed by atoms with Crippen molar-refractivity contribution >= 4 is 12.0 Å². The molecule has 1 aliphatic heterocycles. The Morgan fingerprint density at radius 2 is 2.04 bits per heavy atom. The van der Waals surface area contributed by atoms with Gasteiger partial charge in [-0.1, -0.05) is 44.2 Å². The molecule has 4 heteroatoms. The summed E-state index contributed by atoms with van der Waals surface area (Å²) in [7, 11) is 0. The van der Waals surface area contributed by atoms with Crippen molar-refractivity contribution in [2.45, 2.75) is 20.3 Å². The molecule has 4 nitrogen and oxygen atoms in total. The smallest absolute Gasteiger partial charge is 0.224 e. The van der Waals surface area contributed by atoms with Gasteiger partial charge in [-0.2, -0.15) is 5.26 Å². The molecule has 0 radical (unpaired) electrons. The molecule has 1 N–H and O–H groups in total. The van der Waals surface area contributed by atoms with Crippen LogP contribution in [-0.2, 0) is 4.79 Å². The minimum Gasteiger partial charge on any atom is -0.356 e. The van der Waals surface area contributed by atoms with Gasteiger partial charge in [0.2, 0.25) is 5.91 Å². The fourth-order valence-electron chi connectivity index (χ4n) is 4.81. The molecular formula is C24H25N3O. The Balaban J connectivity index is 1.56. The average Bonchev–Trinajstić information content (AvgIpc) is 3.09. The number of hydrogen-bond donors (Lipinski definition) is 1. The number of nitrogens with one attached hydrogen (secondary N) is 1. The standard InChI is InChI=1S/C24H25N3O/c1-15-11-19-14-27-24(28)23(19)21(16(15)2)10-9-20-8-7-18(13-26-20)22-6-4-3-5-17(22)12-25/h3-10,13,15-16,19,21,23H,11,14H2,1-2H3,(H,27,28)/b10-9+/t15-,16+,19-,21-,23+/m0/s1. The summed E-state index contributed by atoms with van der Waals surface area (Å²) in [5.74, 6) is 2.08. The highest BCUT2D eigenvalue weighted by atomic mass is 16.2. The van der Waals surface area contributed by atoms with Crippen molar-refractivity contribution in [2.75, 3.05) is 6.54 Å². The molecule has 1 saturated heterocycles. The van der Waals surface area contributed by atoms with Gasteiger partial charge in [0.05, 0.1) is 17.3 Å². The van der Waals surface area contributed by atoms with Gasteiger partial charge in [0.15, 0.2) is 0 Å². The Bertz CT molecular complexity index is 941. The fourth-order valence-corrected chi connectivity index (χ4v) is 4.81. The van der Waals surface area contributed by atoms with Crippen LogP contribution in [0, 0.1) is 40.9 Å². The Morgan fingerprint density at radius 1 is 1.21 bits per heavy atom.